The molecule has 0 atom stereocenters. The van der Waals surface area contributed by atoms with Crippen molar-refractivity contribution < 1.29 is 14.4 Å². The van der Waals surface area contributed by atoms with Gasteiger partial charge in [-0.2, -0.15) is 0 Å². The van der Waals surface area contributed by atoms with Gasteiger partial charge in [0, 0.05) is 0 Å². The van der Waals surface area contributed by atoms with Crippen molar-refractivity contribution in [2.24, 2.45) is 0 Å². The van der Waals surface area contributed by atoms with Crippen LogP contribution < -0.4 is 5.46 Å². The van der Waals surface area contributed by atoms with Gasteiger partial charge in [-0.1, -0.05) is 6.07 Å². The minimum Gasteiger partial charge on any atom is -0.507 e. The summed E-state index contributed by atoms with van der Waals surface area (Å²) in [6.07, 6.45) is 0. The van der Waals surface area contributed by atoms with E-state index in [4.69, 9.17) is 9.31 Å². The Morgan fingerprint density at radius 1 is 1.12 bits per heavy atom. The standard InChI is InChI=1S/C12H16BBrO3/c1-11(2)12(3,4)17-13(16-11)8-5-6-10(15)9(14)7-8/h5-7,15H,1-4H3. The van der Waals surface area contributed by atoms with Crippen LogP contribution in [0.15, 0.2) is 22.7 Å². The minimum atomic E-state index is -0.392. The number of benzene rings is 1. The van der Waals surface area contributed by atoms with E-state index in [-0.39, 0.29) is 17.0 Å². The molecule has 1 fully saturated rings. The number of rotatable bonds is 1. The van der Waals surface area contributed by atoms with Crippen LogP contribution in [0, 0.1) is 0 Å². The highest BCUT2D eigenvalue weighted by Gasteiger charge is 2.51. The highest BCUT2D eigenvalue weighted by molar-refractivity contribution is 9.10. The molecule has 1 N–H and O–H groups in total. The molecule has 0 saturated carbocycles. The van der Waals surface area contributed by atoms with Gasteiger partial charge in [0.15, 0.2) is 0 Å². The summed E-state index contributed by atoms with van der Waals surface area (Å²) in [4.78, 5) is 0. The number of hydrogen-bond acceptors (Lipinski definition) is 3. The van der Waals surface area contributed by atoms with Crippen molar-refractivity contribution in [3.05, 3.63) is 22.7 Å². The zero-order chi connectivity index (χ0) is 12.8. The van der Waals surface area contributed by atoms with Gasteiger partial charge in [0.1, 0.15) is 5.75 Å². The van der Waals surface area contributed by atoms with Gasteiger partial charge in [-0.15, -0.1) is 0 Å². The fourth-order valence-electron chi connectivity index (χ4n) is 1.65. The van der Waals surface area contributed by atoms with E-state index in [9.17, 15) is 5.11 Å². The Labute approximate surface area is 110 Å². The smallest absolute Gasteiger partial charge is 0.494 e. The maximum atomic E-state index is 9.46. The predicted molar refractivity (Wildman–Crippen MR) is 71.5 cm³/mol. The summed E-state index contributed by atoms with van der Waals surface area (Å²) >= 11 is 3.29. The van der Waals surface area contributed by atoms with Crippen molar-refractivity contribution in [3.63, 3.8) is 0 Å². The summed E-state index contributed by atoms with van der Waals surface area (Å²) in [5.74, 6) is 0.213. The number of phenols is 1. The minimum absolute atomic E-state index is 0.213. The number of aromatic hydroxyl groups is 1. The molecule has 2 rings (SSSR count). The lowest BCUT2D eigenvalue weighted by molar-refractivity contribution is 0.00578. The van der Waals surface area contributed by atoms with Crippen LogP contribution >= 0.6 is 15.9 Å². The summed E-state index contributed by atoms with van der Waals surface area (Å²) < 4.78 is 12.5. The Bertz CT molecular complexity index is 429. The van der Waals surface area contributed by atoms with Crippen molar-refractivity contribution in [3.8, 4) is 5.75 Å². The molecule has 1 heterocycles. The molecule has 0 radical (unpaired) electrons. The molecule has 1 aliphatic rings. The Morgan fingerprint density at radius 2 is 1.65 bits per heavy atom. The van der Waals surface area contributed by atoms with E-state index < -0.39 is 7.12 Å². The molecule has 0 amide bonds. The topological polar surface area (TPSA) is 38.7 Å². The second-order valence-corrected chi connectivity index (χ2v) is 6.15. The summed E-state index contributed by atoms with van der Waals surface area (Å²) in [7, 11) is -0.392. The quantitative estimate of drug-likeness (QED) is 0.810. The number of halogens is 1. The monoisotopic (exact) mass is 298 g/mol. The van der Waals surface area contributed by atoms with Crippen molar-refractivity contribution in [2.45, 2.75) is 38.9 Å². The van der Waals surface area contributed by atoms with E-state index in [0.29, 0.717) is 4.47 Å². The average molecular weight is 299 g/mol. The van der Waals surface area contributed by atoms with E-state index in [2.05, 4.69) is 15.9 Å². The van der Waals surface area contributed by atoms with Crippen LogP contribution in [0.25, 0.3) is 0 Å². The lowest BCUT2D eigenvalue weighted by Gasteiger charge is -2.32. The van der Waals surface area contributed by atoms with Crippen LogP contribution in [0.5, 0.6) is 5.75 Å². The highest BCUT2D eigenvalue weighted by atomic mass is 79.9. The lowest BCUT2D eigenvalue weighted by atomic mass is 9.79. The number of phenolic OH excluding ortho intramolecular Hbond substituents is 1. The highest BCUT2D eigenvalue weighted by Crippen LogP contribution is 2.36. The van der Waals surface area contributed by atoms with E-state index in [1.54, 1.807) is 6.07 Å². The van der Waals surface area contributed by atoms with E-state index >= 15 is 0 Å². The third-order valence-corrected chi connectivity index (χ3v) is 4.13. The molecule has 0 bridgehead atoms. The zero-order valence-corrected chi connectivity index (χ0v) is 12.0. The third kappa shape index (κ3) is 2.24. The molecule has 3 nitrogen and oxygen atoms in total. The Kier molecular flexibility index (Phi) is 3.05. The van der Waals surface area contributed by atoms with E-state index in [0.717, 1.165) is 5.46 Å². The molecule has 0 unspecified atom stereocenters. The summed E-state index contributed by atoms with van der Waals surface area (Å²) in [5, 5.41) is 9.46. The van der Waals surface area contributed by atoms with E-state index in [1.807, 2.05) is 39.8 Å². The Balaban J connectivity index is 2.29. The first-order valence-electron chi connectivity index (χ1n) is 5.57. The normalized spacial score (nSPS) is 21.8. The first-order valence-corrected chi connectivity index (χ1v) is 6.36. The van der Waals surface area contributed by atoms with Gasteiger partial charge >= 0.3 is 7.12 Å². The summed E-state index contributed by atoms with van der Waals surface area (Å²) in [6, 6.07) is 5.25. The van der Waals surface area contributed by atoms with Gasteiger partial charge in [0.2, 0.25) is 0 Å². The van der Waals surface area contributed by atoms with Crippen LogP contribution in [-0.2, 0) is 9.31 Å². The fraction of sp³-hybridized carbons (Fsp3) is 0.500. The lowest BCUT2D eigenvalue weighted by Crippen LogP contribution is -2.41. The molecule has 5 heteroatoms. The van der Waals surface area contributed by atoms with Crippen molar-refractivity contribution in [2.75, 3.05) is 0 Å². The molecule has 1 aliphatic heterocycles. The fourth-order valence-corrected chi connectivity index (χ4v) is 2.05. The van der Waals surface area contributed by atoms with Gasteiger partial charge in [0.05, 0.1) is 15.7 Å². The third-order valence-electron chi connectivity index (χ3n) is 3.50. The predicted octanol–water partition coefficient (Wildman–Crippen LogP) is 2.45. The molecular weight excluding hydrogens is 283 g/mol. The van der Waals surface area contributed by atoms with Crippen molar-refractivity contribution in [1.82, 2.24) is 0 Å². The Morgan fingerprint density at radius 3 is 2.12 bits per heavy atom. The maximum absolute atomic E-state index is 9.46. The van der Waals surface area contributed by atoms with Gasteiger partial charge in [-0.05, 0) is 61.2 Å². The second kappa shape index (κ2) is 4.00. The summed E-state index contributed by atoms with van der Waals surface area (Å²) in [6.45, 7) is 8.07. The molecule has 92 valence electrons. The molecule has 0 spiro atoms. The molecule has 1 aromatic rings. The molecular formula is C12H16BBrO3. The van der Waals surface area contributed by atoms with Gasteiger partial charge in [-0.25, -0.2) is 0 Å². The number of hydrogen-bond donors (Lipinski definition) is 1. The van der Waals surface area contributed by atoms with Crippen LogP contribution in [-0.4, -0.2) is 23.4 Å². The molecule has 17 heavy (non-hydrogen) atoms. The summed E-state index contributed by atoms with van der Waals surface area (Å²) in [5.41, 5.74) is 0.206. The zero-order valence-electron chi connectivity index (χ0n) is 10.5. The van der Waals surface area contributed by atoms with Gasteiger partial charge in [-0.3, -0.25) is 0 Å². The molecule has 0 aromatic heterocycles. The van der Waals surface area contributed by atoms with Crippen molar-refractivity contribution >= 4 is 28.5 Å². The first kappa shape index (κ1) is 12.9. The van der Waals surface area contributed by atoms with Gasteiger partial charge < -0.3 is 14.4 Å². The molecule has 0 aliphatic carbocycles. The van der Waals surface area contributed by atoms with E-state index in [1.165, 1.54) is 0 Å². The SMILES string of the molecule is CC1(C)OB(c2ccc(O)c(Br)c2)OC1(C)C. The van der Waals surface area contributed by atoms with Crippen LogP contribution in [0.1, 0.15) is 27.7 Å². The average Bonchev–Trinajstić information content (AvgIpc) is 2.41. The maximum Gasteiger partial charge on any atom is 0.494 e. The molecule has 1 aromatic carbocycles. The Hall–Kier alpha value is -0.515. The van der Waals surface area contributed by atoms with Crippen LogP contribution in [0.2, 0.25) is 0 Å². The van der Waals surface area contributed by atoms with Crippen LogP contribution in [0.4, 0.5) is 0 Å². The van der Waals surface area contributed by atoms with Crippen LogP contribution in [0.3, 0.4) is 0 Å². The largest absolute Gasteiger partial charge is 0.507 e. The molecule has 1 saturated heterocycles. The van der Waals surface area contributed by atoms with Gasteiger partial charge in [0.25, 0.3) is 0 Å². The first-order chi connectivity index (χ1) is 7.73. The second-order valence-electron chi connectivity index (χ2n) is 5.30. The van der Waals surface area contributed by atoms with Crippen molar-refractivity contribution in [1.29, 1.82) is 0 Å².